The van der Waals surface area contributed by atoms with Gasteiger partial charge in [0.2, 0.25) is 0 Å². The van der Waals surface area contributed by atoms with Gasteiger partial charge in [-0.05, 0) is 48.5 Å². The standard InChI is InChI=1S/C17H10Cl2N2O4S2/c18-9-1-3-14-12(7-9)20-17(22)11-8-10(2-4-13(11)25-14)21-27(23,24)16-6-5-15(19)26-16/h1-8,21H,(H,20,22). The first-order chi connectivity index (χ1) is 12.8. The van der Waals surface area contributed by atoms with Crippen LogP contribution in [0.3, 0.4) is 0 Å². The number of hydrogen-bond acceptors (Lipinski definition) is 5. The molecule has 4 rings (SSSR count). The van der Waals surface area contributed by atoms with Crippen molar-refractivity contribution in [1.29, 1.82) is 0 Å². The summed E-state index contributed by atoms with van der Waals surface area (Å²) in [7, 11) is -3.81. The SMILES string of the molecule is O=C1Nc2cc(Cl)ccc2Oc2ccc(NS(=O)(=O)c3ccc(Cl)s3)cc21. The molecule has 0 fully saturated rings. The summed E-state index contributed by atoms with van der Waals surface area (Å²) >= 11 is 12.7. The van der Waals surface area contributed by atoms with Gasteiger partial charge in [0.25, 0.3) is 15.9 Å². The first-order valence-corrected chi connectivity index (χ1v) is 10.6. The second-order valence-corrected chi connectivity index (χ2v) is 9.63. The summed E-state index contributed by atoms with van der Waals surface area (Å²) in [4.78, 5) is 12.5. The number of halogens is 2. The van der Waals surface area contributed by atoms with Gasteiger partial charge in [-0.15, -0.1) is 11.3 Å². The molecule has 1 amide bonds. The average molecular weight is 441 g/mol. The molecule has 0 unspecified atom stereocenters. The fraction of sp³-hybridized carbons (Fsp3) is 0. The fourth-order valence-electron chi connectivity index (χ4n) is 2.50. The number of hydrogen-bond donors (Lipinski definition) is 2. The number of fused-ring (bicyclic) bond motifs is 2. The number of thiophene rings is 1. The van der Waals surface area contributed by atoms with E-state index in [2.05, 4.69) is 10.0 Å². The molecule has 0 spiro atoms. The highest BCUT2D eigenvalue weighted by Gasteiger charge is 2.23. The summed E-state index contributed by atoms with van der Waals surface area (Å²) in [6, 6.07) is 12.2. The smallest absolute Gasteiger partial charge is 0.271 e. The van der Waals surface area contributed by atoms with Gasteiger partial charge in [-0.3, -0.25) is 9.52 Å². The number of carbonyl (C=O) groups is 1. The molecule has 0 saturated heterocycles. The predicted octanol–water partition coefficient (Wildman–Crippen LogP) is 5.21. The van der Waals surface area contributed by atoms with Gasteiger partial charge in [0, 0.05) is 10.7 Å². The Labute approximate surface area is 168 Å². The molecule has 10 heteroatoms. The van der Waals surface area contributed by atoms with Crippen LogP contribution in [0.15, 0.2) is 52.7 Å². The summed E-state index contributed by atoms with van der Waals surface area (Å²) in [6.07, 6.45) is 0. The van der Waals surface area contributed by atoms with Crippen molar-refractivity contribution in [3.05, 3.63) is 63.5 Å². The van der Waals surface area contributed by atoms with E-state index in [1.807, 2.05) is 0 Å². The summed E-state index contributed by atoms with van der Waals surface area (Å²) in [5, 5.41) is 3.15. The van der Waals surface area contributed by atoms with Gasteiger partial charge in [0.1, 0.15) is 9.96 Å². The van der Waals surface area contributed by atoms with E-state index < -0.39 is 15.9 Å². The van der Waals surface area contributed by atoms with Crippen molar-refractivity contribution in [2.24, 2.45) is 0 Å². The molecule has 0 radical (unpaired) electrons. The Balaban J connectivity index is 1.68. The minimum absolute atomic E-state index is 0.0743. The third-order valence-corrected chi connectivity index (χ3v) is 7.04. The van der Waals surface area contributed by atoms with Crippen molar-refractivity contribution in [2.45, 2.75) is 4.21 Å². The van der Waals surface area contributed by atoms with E-state index in [1.165, 1.54) is 30.3 Å². The number of nitrogens with one attached hydrogen (secondary N) is 2. The Kier molecular flexibility index (Phi) is 4.51. The minimum atomic E-state index is -3.81. The lowest BCUT2D eigenvalue weighted by Gasteiger charge is -2.10. The Morgan fingerprint density at radius 2 is 1.78 bits per heavy atom. The van der Waals surface area contributed by atoms with Gasteiger partial charge >= 0.3 is 0 Å². The van der Waals surface area contributed by atoms with Crippen LogP contribution in [0, 0.1) is 0 Å². The van der Waals surface area contributed by atoms with Gasteiger partial charge in [-0.1, -0.05) is 23.2 Å². The van der Waals surface area contributed by atoms with Gasteiger partial charge in [-0.25, -0.2) is 8.42 Å². The highest BCUT2D eigenvalue weighted by molar-refractivity contribution is 7.94. The van der Waals surface area contributed by atoms with Crippen LogP contribution >= 0.6 is 34.5 Å². The summed E-state index contributed by atoms with van der Waals surface area (Å²) < 4.78 is 33.5. The summed E-state index contributed by atoms with van der Waals surface area (Å²) in [6.45, 7) is 0. The Hall–Kier alpha value is -2.26. The maximum atomic E-state index is 12.5. The third kappa shape index (κ3) is 3.61. The zero-order chi connectivity index (χ0) is 19.2. The van der Waals surface area contributed by atoms with Gasteiger partial charge in [0.05, 0.1) is 15.6 Å². The quantitative estimate of drug-likeness (QED) is 0.584. The second kappa shape index (κ2) is 6.72. The Morgan fingerprint density at radius 3 is 2.52 bits per heavy atom. The number of ether oxygens (including phenoxy) is 1. The third-order valence-electron chi connectivity index (χ3n) is 3.70. The Morgan fingerprint density at radius 1 is 1.00 bits per heavy atom. The summed E-state index contributed by atoms with van der Waals surface area (Å²) in [5.41, 5.74) is 0.840. The predicted molar refractivity (Wildman–Crippen MR) is 106 cm³/mol. The molecule has 0 saturated carbocycles. The lowest BCUT2D eigenvalue weighted by molar-refractivity contribution is 0.102. The van der Waals surface area contributed by atoms with Crippen molar-refractivity contribution < 1.29 is 17.9 Å². The van der Waals surface area contributed by atoms with E-state index in [9.17, 15) is 13.2 Å². The monoisotopic (exact) mass is 440 g/mol. The Bertz CT molecular complexity index is 1180. The largest absolute Gasteiger partial charge is 0.454 e. The van der Waals surface area contributed by atoms with Crippen LogP contribution in [0.2, 0.25) is 9.36 Å². The molecule has 2 heterocycles. The lowest BCUT2D eigenvalue weighted by atomic mass is 10.1. The zero-order valence-electron chi connectivity index (χ0n) is 13.3. The molecule has 138 valence electrons. The normalized spacial score (nSPS) is 13.0. The van der Waals surface area contributed by atoms with Crippen LogP contribution in [0.5, 0.6) is 11.5 Å². The van der Waals surface area contributed by atoms with E-state index in [-0.39, 0.29) is 15.5 Å². The first-order valence-electron chi connectivity index (χ1n) is 7.53. The van der Waals surface area contributed by atoms with Crippen molar-refractivity contribution in [3.8, 4) is 11.5 Å². The highest BCUT2D eigenvalue weighted by atomic mass is 35.5. The number of benzene rings is 2. The van der Waals surface area contributed by atoms with Crippen molar-refractivity contribution in [3.63, 3.8) is 0 Å². The minimum Gasteiger partial charge on any atom is -0.454 e. The van der Waals surface area contributed by atoms with E-state index in [4.69, 9.17) is 27.9 Å². The lowest BCUT2D eigenvalue weighted by Crippen LogP contribution is -2.14. The van der Waals surface area contributed by atoms with Gasteiger partial charge < -0.3 is 10.1 Å². The number of rotatable bonds is 3. The zero-order valence-corrected chi connectivity index (χ0v) is 16.5. The van der Waals surface area contributed by atoms with Gasteiger partial charge in [-0.2, -0.15) is 0 Å². The van der Waals surface area contributed by atoms with Crippen LogP contribution in [0.1, 0.15) is 10.4 Å². The fourth-order valence-corrected chi connectivity index (χ4v) is 5.21. The molecule has 0 atom stereocenters. The molecular weight excluding hydrogens is 431 g/mol. The number of carbonyl (C=O) groups excluding carboxylic acids is 1. The molecule has 0 bridgehead atoms. The van der Waals surface area contributed by atoms with Crippen LogP contribution in [-0.2, 0) is 10.0 Å². The molecule has 2 N–H and O–H groups in total. The molecule has 1 aromatic heterocycles. The van der Waals surface area contributed by atoms with Crippen molar-refractivity contribution in [1.82, 2.24) is 0 Å². The van der Waals surface area contributed by atoms with Crippen LogP contribution in [0.25, 0.3) is 0 Å². The number of anilines is 2. The molecule has 1 aliphatic heterocycles. The molecule has 2 aromatic carbocycles. The number of amides is 1. The van der Waals surface area contributed by atoms with E-state index in [0.29, 0.717) is 26.5 Å². The molecular formula is C17H10Cl2N2O4S2. The van der Waals surface area contributed by atoms with E-state index in [0.717, 1.165) is 11.3 Å². The number of sulfonamides is 1. The first kappa shape index (κ1) is 18.1. The van der Waals surface area contributed by atoms with Crippen LogP contribution in [-0.4, -0.2) is 14.3 Å². The maximum Gasteiger partial charge on any atom is 0.271 e. The molecule has 1 aliphatic rings. The molecule has 0 aliphatic carbocycles. The van der Waals surface area contributed by atoms with Crippen LogP contribution in [0.4, 0.5) is 11.4 Å². The van der Waals surface area contributed by atoms with Gasteiger partial charge in [0.15, 0.2) is 5.75 Å². The maximum absolute atomic E-state index is 12.5. The van der Waals surface area contributed by atoms with E-state index in [1.54, 1.807) is 18.2 Å². The van der Waals surface area contributed by atoms with Crippen molar-refractivity contribution >= 4 is 61.8 Å². The topological polar surface area (TPSA) is 84.5 Å². The molecule has 6 nitrogen and oxygen atoms in total. The highest BCUT2D eigenvalue weighted by Crippen LogP contribution is 2.38. The molecule has 3 aromatic rings. The average Bonchev–Trinajstić information content (AvgIpc) is 3.00. The molecule has 27 heavy (non-hydrogen) atoms. The second-order valence-electron chi connectivity index (χ2n) is 5.57. The van der Waals surface area contributed by atoms with E-state index >= 15 is 0 Å². The van der Waals surface area contributed by atoms with Crippen molar-refractivity contribution in [2.75, 3.05) is 10.0 Å². The van der Waals surface area contributed by atoms with Crippen LogP contribution < -0.4 is 14.8 Å². The summed E-state index contributed by atoms with van der Waals surface area (Å²) in [5.74, 6) is 0.301.